The van der Waals surface area contributed by atoms with Crippen molar-refractivity contribution < 1.29 is 18.3 Å². The first-order valence-electron chi connectivity index (χ1n) is 5.14. The maximum atomic E-state index is 12.5. The van der Waals surface area contributed by atoms with E-state index < -0.39 is 23.3 Å². The average Bonchev–Trinajstić information content (AvgIpc) is 2.23. The minimum atomic E-state index is -4.41. The number of aliphatic hydroxyl groups excluding tert-OH is 1. The SMILES string of the molecule is N#CC1(c2cccc(C(F)(F)F)c2)CC(O)C1. The molecular weight excluding hydrogens is 231 g/mol. The summed E-state index contributed by atoms with van der Waals surface area (Å²) < 4.78 is 37.6. The molecule has 1 aromatic carbocycles. The fourth-order valence-electron chi connectivity index (χ4n) is 2.13. The lowest BCUT2D eigenvalue weighted by Gasteiger charge is -2.40. The van der Waals surface area contributed by atoms with Gasteiger partial charge in [-0.05, 0) is 24.5 Å². The zero-order valence-corrected chi connectivity index (χ0v) is 8.83. The molecule has 1 N–H and O–H groups in total. The Morgan fingerprint density at radius 3 is 2.47 bits per heavy atom. The molecule has 1 aliphatic rings. The van der Waals surface area contributed by atoms with Crippen molar-refractivity contribution in [3.8, 4) is 6.07 Å². The number of nitriles is 1. The molecule has 90 valence electrons. The van der Waals surface area contributed by atoms with E-state index in [1.165, 1.54) is 12.1 Å². The standard InChI is InChI=1S/C12H10F3NO/c13-12(14,15)9-3-1-2-8(4-9)11(7-16)5-10(17)6-11/h1-4,10,17H,5-6H2. The van der Waals surface area contributed by atoms with Crippen molar-refractivity contribution in [3.63, 3.8) is 0 Å². The number of hydrogen-bond donors (Lipinski definition) is 1. The molecule has 0 amide bonds. The van der Waals surface area contributed by atoms with Crippen LogP contribution < -0.4 is 0 Å². The van der Waals surface area contributed by atoms with E-state index in [-0.39, 0.29) is 12.8 Å². The predicted molar refractivity (Wildman–Crippen MR) is 54.0 cm³/mol. The molecule has 1 aliphatic carbocycles. The molecule has 0 saturated heterocycles. The zero-order chi connectivity index (χ0) is 12.7. The van der Waals surface area contributed by atoms with Gasteiger partial charge in [0.1, 0.15) is 0 Å². The highest BCUT2D eigenvalue weighted by Crippen LogP contribution is 2.44. The monoisotopic (exact) mass is 241 g/mol. The minimum Gasteiger partial charge on any atom is -0.393 e. The summed E-state index contributed by atoms with van der Waals surface area (Å²) in [7, 11) is 0. The highest BCUT2D eigenvalue weighted by Gasteiger charge is 2.46. The van der Waals surface area contributed by atoms with Gasteiger partial charge in [0.2, 0.25) is 0 Å². The van der Waals surface area contributed by atoms with E-state index in [4.69, 9.17) is 5.26 Å². The van der Waals surface area contributed by atoms with Crippen molar-refractivity contribution in [2.24, 2.45) is 0 Å². The molecule has 0 radical (unpaired) electrons. The van der Waals surface area contributed by atoms with E-state index in [1.807, 2.05) is 6.07 Å². The Morgan fingerprint density at radius 1 is 1.35 bits per heavy atom. The number of alkyl halides is 3. The van der Waals surface area contributed by atoms with E-state index in [0.29, 0.717) is 5.56 Å². The molecule has 1 aromatic rings. The van der Waals surface area contributed by atoms with Gasteiger partial charge in [-0.25, -0.2) is 0 Å². The largest absolute Gasteiger partial charge is 0.416 e. The second kappa shape index (κ2) is 3.74. The van der Waals surface area contributed by atoms with Crippen molar-refractivity contribution in [1.82, 2.24) is 0 Å². The number of hydrogen-bond acceptors (Lipinski definition) is 2. The van der Waals surface area contributed by atoms with Crippen LogP contribution >= 0.6 is 0 Å². The molecule has 0 spiro atoms. The third-order valence-electron chi connectivity index (χ3n) is 3.12. The smallest absolute Gasteiger partial charge is 0.393 e. The molecule has 0 aliphatic heterocycles. The summed E-state index contributed by atoms with van der Waals surface area (Å²) in [6, 6.07) is 6.78. The molecule has 2 nitrogen and oxygen atoms in total. The Bertz CT molecular complexity index is 469. The van der Waals surface area contributed by atoms with Gasteiger partial charge in [0.15, 0.2) is 0 Å². The summed E-state index contributed by atoms with van der Waals surface area (Å²) in [4.78, 5) is 0. The van der Waals surface area contributed by atoms with Gasteiger partial charge in [0, 0.05) is 0 Å². The molecule has 0 aromatic heterocycles. The average molecular weight is 241 g/mol. The zero-order valence-electron chi connectivity index (χ0n) is 8.83. The van der Waals surface area contributed by atoms with Crippen LogP contribution in [0.4, 0.5) is 13.2 Å². The first kappa shape index (κ1) is 11.9. The van der Waals surface area contributed by atoms with Gasteiger partial charge in [0.05, 0.1) is 23.2 Å². The molecule has 0 bridgehead atoms. The van der Waals surface area contributed by atoms with Crippen LogP contribution in [0.3, 0.4) is 0 Å². The van der Waals surface area contributed by atoms with Gasteiger partial charge in [0.25, 0.3) is 0 Å². The topological polar surface area (TPSA) is 44.0 Å². The normalized spacial score (nSPS) is 28.3. The summed E-state index contributed by atoms with van der Waals surface area (Å²) >= 11 is 0. The number of aliphatic hydroxyl groups is 1. The molecular formula is C12H10F3NO. The summed E-state index contributed by atoms with van der Waals surface area (Å²) in [6.45, 7) is 0. The van der Waals surface area contributed by atoms with E-state index in [1.54, 1.807) is 0 Å². The second-order valence-corrected chi connectivity index (χ2v) is 4.33. The van der Waals surface area contributed by atoms with E-state index in [9.17, 15) is 18.3 Å². The van der Waals surface area contributed by atoms with Crippen LogP contribution in [-0.4, -0.2) is 11.2 Å². The lowest BCUT2D eigenvalue weighted by atomic mass is 9.63. The molecule has 1 saturated carbocycles. The fraction of sp³-hybridized carbons (Fsp3) is 0.417. The molecule has 5 heteroatoms. The maximum Gasteiger partial charge on any atom is 0.416 e. The molecule has 0 heterocycles. The van der Waals surface area contributed by atoms with Crippen molar-refractivity contribution in [1.29, 1.82) is 5.26 Å². The van der Waals surface area contributed by atoms with Gasteiger partial charge in [-0.15, -0.1) is 0 Å². The van der Waals surface area contributed by atoms with E-state index in [2.05, 4.69) is 0 Å². The van der Waals surface area contributed by atoms with Crippen LogP contribution in [0, 0.1) is 11.3 Å². The van der Waals surface area contributed by atoms with E-state index in [0.717, 1.165) is 12.1 Å². The highest BCUT2D eigenvalue weighted by atomic mass is 19.4. The van der Waals surface area contributed by atoms with Crippen molar-refractivity contribution in [2.45, 2.75) is 30.5 Å². The molecule has 2 rings (SSSR count). The lowest BCUT2D eigenvalue weighted by Crippen LogP contribution is -2.43. The Labute approximate surface area is 96.3 Å². The quantitative estimate of drug-likeness (QED) is 0.821. The number of halogens is 3. The van der Waals surface area contributed by atoms with Crippen molar-refractivity contribution in [2.75, 3.05) is 0 Å². The Morgan fingerprint density at radius 2 is 2.00 bits per heavy atom. The lowest BCUT2D eigenvalue weighted by molar-refractivity contribution is -0.137. The van der Waals surface area contributed by atoms with Crippen LogP contribution in [0.1, 0.15) is 24.0 Å². The Hall–Kier alpha value is -1.54. The Kier molecular flexibility index (Phi) is 2.63. The van der Waals surface area contributed by atoms with Crippen LogP contribution in [-0.2, 0) is 11.6 Å². The van der Waals surface area contributed by atoms with E-state index >= 15 is 0 Å². The third kappa shape index (κ3) is 2.01. The first-order valence-corrected chi connectivity index (χ1v) is 5.14. The third-order valence-corrected chi connectivity index (χ3v) is 3.12. The van der Waals surface area contributed by atoms with Gasteiger partial charge >= 0.3 is 6.18 Å². The van der Waals surface area contributed by atoms with Crippen LogP contribution in [0.25, 0.3) is 0 Å². The van der Waals surface area contributed by atoms with Gasteiger partial charge in [-0.2, -0.15) is 18.4 Å². The summed E-state index contributed by atoms with van der Waals surface area (Å²) in [5.74, 6) is 0. The molecule has 0 unspecified atom stereocenters. The number of benzene rings is 1. The van der Waals surface area contributed by atoms with Crippen LogP contribution in [0.2, 0.25) is 0 Å². The predicted octanol–water partition coefficient (Wildman–Crippen LogP) is 2.62. The second-order valence-electron chi connectivity index (χ2n) is 4.33. The van der Waals surface area contributed by atoms with Gasteiger partial charge in [-0.3, -0.25) is 0 Å². The highest BCUT2D eigenvalue weighted by molar-refractivity contribution is 5.39. The van der Waals surface area contributed by atoms with Crippen LogP contribution in [0.15, 0.2) is 24.3 Å². The summed E-state index contributed by atoms with van der Waals surface area (Å²) in [5, 5.41) is 18.3. The van der Waals surface area contributed by atoms with Crippen molar-refractivity contribution in [3.05, 3.63) is 35.4 Å². The molecule has 17 heavy (non-hydrogen) atoms. The summed E-state index contributed by atoms with van der Waals surface area (Å²) in [6.07, 6.45) is -4.60. The number of rotatable bonds is 1. The van der Waals surface area contributed by atoms with Gasteiger partial charge in [-0.1, -0.05) is 18.2 Å². The molecule has 0 atom stereocenters. The minimum absolute atomic E-state index is 0.199. The van der Waals surface area contributed by atoms with Crippen molar-refractivity contribution >= 4 is 0 Å². The first-order chi connectivity index (χ1) is 7.87. The van der Waals surface area contributed by atoms with Gasteiger partial charge < -0.3 is 5.11 Å². The Balaban J connectivity index is 2.38. The fourth-order valence-corrected chi connectivity index (χ4v) is 2.13. The van der Waals surface area contributed by atoms with Crippen LogP contribution in [0.5, 0.6) is 0 Å². The maximum absolute atomic E-state index is 12.5. The number of nitrogens with zero attached hydrogens (tertiary/aromatic N) is 1. The summed E-state index contributed by atoms with van der Waals surface area (Å²) in [5.41, 5.74) is -1.38. The molecule has 1 fully saturated rings.